The van der Waals surface area contributed by atoms with Crippen molar-refractivity contribution >= 4 is 27.6 Å². The summed E-state index contributed by atoms with van der Waals surface area (Å²) in [5.41, 5.74) is 1.83. The molecule has 0 amide bonds. The fourth-order valence-corrected chi connectivity index (χ4v) is 2.98. The quantitative estimate of drug-likeness (QED) is 0.574. The topological polar surface area (TPSA) is 56.8 Å². The number of hydrogen-bond donors (Lipinski definition) is 2. The lowest BCUT2D eigenvalue weighted by Gasteiger charge is -2.13. The third kappa shape index (κ3) is 2.99. The average molecular weight is 349 g/mol. The predicted octanol–water partition coefficient (Wildman–Crippen LogP) is 3.89. The van der Waals surface area contributed by atoms with Gasteiger partial charge in [-0.3, -0.25) is 0 Å². The number of aromatic nitrogens is 3. The number of nitrogens with zero attached hydrogens (tertiary/aromatic N) is 3. The Bertz CT molecular complexity index is 1070. The molecule has 0 spiro atoms. The van der Waals surface area contributed by atoms with Gasteiger partial charge in [0.1, 0.15) is 11.5 Å². The molecule has 0 atom stereocenters. The van der Waals surface area contributed by atoms with Gasteiger partial charge >= 0.3 is 0 Å². The van der Waals surface area contributed by atoms with Crippen molar-refractivity contribution in [2.75, 3.05) is 32.5 Å². The van der Waals surface area contributed by atoms with Gasteiger partial charge in [0, 0.05) is 29.4 Å². The Balaban J connectivity index is 1.83. The molecule has 2 heterocycles. The summed E-state index contributed by atoms with van der Waals surface area (Å²) in [5.74, 6) is 0.741. The van der Waals surface area contributed by atoms with Crippen LogP contribution in [0.4, 0.5) is 10.2 Å². The Hall–Kier alpha value is -2.99. The van der Waals surface area contributed by atoms with Gasteiger partial charge in [-0.2, -0.15) is 0 Å². The largest absolute Gasteiger partial charge is 0.368 e. The zero-order chi connectivity index (χ0) is 18.1. The van der Waals surface area contributed by atoms with Gasteiger partial charge in [-0.15, -0.1) is 0 Å². The van der Waals surface area contributed by atoms with E-state index in [2.05, 4.69) is 25.2 Å². The number of aromatic amines is 1. The van der Waals surface area contributed by atoms with Crippen molar-refractivity contribution in [1.29, 1.82) is 0 Å². The highest BCUT2D eigenvalue weighted by Crippen LogP contribution is 2.29. The molecule has 2 aromatic heterocycles. The predicted molar refractivity (Wildman–Crippen MR) is 104 cm³/mol. The van der Waals surface area contributed by atoms with Crippen molar-refractivity contribution in [2.45, 2.75) is 0 Å². The van der Waals surface area contributed by atoms with Gasteiger partial charge in [0.05, 0.1) is 5.52 Å². The summed E-state index contributed by atoms with van der Waals surface area (Å²) in [4.78, 5) is 14.4. The van der Waals surface area contributed by atoms with Gasteiger partial charge in [0.15, 0.2) is 11.6 Å². The van der Waals surface area contributed by atoms with E-state index in [1.54, 1.807) is 6.07 Å². The number of likely N-dealkylation sites (N-methyl/N-ethyl adjacent to an activating group) is 1. The first-order chi connectivity index (χ1) is 12.6. The molecular formula is C20H20FN5. The number of halogens is 1. The van der Waals surface area contributed by atoms with Crippen LogP contribution in [-0.4, -0.2) is 47.0 Å². The van der Waals surface area contributed by atoms with Crippen molar-refractivity contribution in [3.63, 3.8) is 0 Å². The lowest BCUT2D eigenvalue weighted by atomic mass is 10.2. The molecule has 0 aliphatic rings. The third-order valence-corrected chi connectivity index (χ3v) is 4.32. The lowest BCUT2D eigenvalue weighted by Crippen LogP contribution is -2.21. The summed E-state index contributed by atoms with van der Waals surface area (Å²) in [6.07, 6.45) is 0. The molecule has 4 aromatic rings. The number of benzene rings is 2. The first-order valence-electron chi connectivity index (χ1n) is 8.55. The fraction of sp³-hybridized carbons (Fsp3) is 0.200. The van der Waals surface area contributed by atoms with Gasteiger partial charge in [0.2, 0.25) is 0 Å². The van der Waals surface area contributed by atoms with Crippen LogP contribution in [0.3, 0.4) is 0 Å². The molecule has 0 aliphatic carbocycles. The number of fused-ring (bicyclic) bond motifs is 2. The number of anilines is 1. The normalized spacial score (nSPS) is 11.5. The van der Waals surface area contributed by atoms with E-state index in [4.69, 9.17) is 0 Å². The zero-order valence-electron chi connectivity index (χ0n) is 14.8. The maximum Gasteiger partial charge on any atom is 0.181 e. The summed E-state index contributed by atoms with van der Waals surface area (Å²) < 4.78 is 14.9. The van der Waals surface area contributed by atoms with Crippen LogP contribution >= 0.6 is 0 Å². The van der Waals surface area contributed by atoms with E-state index < -0.39 is 0 Å². The number of nitrogens with one attached hydrogen (secondary N) is 2. The van der Waals surface area contributed by atoms with Crippen LogP contribution in [0.5, 0.6) is 0 Å². The molecule has 0 unspecified atom stereocenters. The Labute approximate surface area is 150 Å². The van der Waals surface area contributed by atoms with Crippen LogP contribution in [-0.2, 0) is 0 Å². The number of H-pyrrole nitrogens is 1. The van der Waals surface area contributed by atoms with Crippen LogP contribution in [0, 0.1) is 5.82 Å². The molecule has 6 heteroatoms. The molecule has 0 radical (unpaired) electrons. The molecule has 0 saturated carbocycles. The van der Waals surface area contributed by atoms with Crippen LogP contribution in [0.1, 0.15) is 0 Å². The molecule has 5 nitrogen and oxygen atoms in total. The second-order valence-electron chi connectivity index (χ2n) is 6.50. The first kappa shape index (κ1) is 16.5. The monoisotopic (exact) mass is 349 g/mol. The highest BCUT2D eigenvalue weighted by molar-refractivity contribution is 5.92. The maximum absolute atomic E-state index is 14.9. The summed E-state index contributed by atoms with van der Waals surface area (Å²) in [7, 11) is 4.04. The van der Waals surface area contributed by atoms with E-state index in [1.165, 1.54) is 0 Å². The minimum atomic E-state index is -0.324. The molecule has 0 bridgehead atoms. The Morgan fingerprint density at radius 1 is 1.00 bits per heavy atom. The van der Waals surface area contributed by atoms with Crippen LogP contribution in [0.25, 0.3) is 33.3 Å². The zero-order valence-corrected chi connectivity index (χ0v) is 14.8. The Morgan fingerprint density at radius 3 is 2.50 bits per heavy atom. The molecule has 0 aliphatic heterocycles. The van der Waals surface area contributed by atoms with Gasteiger partial charge in [-0.05, 0) is 38.4 Å². The van der Waals surface area contributed by atoms with Gasteiger partial charge in [0.25, 0.3) is 0 Å². The van der Waals surface area contributed by atoms with E-state index in [-0.39, 0.29) is 5.82 Å². The minimum Gasteiger partial charge on any atom is -0.368 e. The van der Waals surface area contributed by atoms with Gasteiger partial charge in [-0.1, -0.05) is 24.3 Å². The number of para-hydroxylation sites is 2. The second-order valence-corrected chi connectivity index (χ2v) is 6.50. The smallest absolute Gasteiger partial charge is 0.181 e. The van der Waals surface area contributed by atoms with Crippen molar-refractivity contribution < 1.29 is 4.39 Å². The minimum absolute atomic E-state index is 0.313. The van der Waals surface area contributed by atoms with E-state index in [9.17, 15) is 4.39 Å². The molecular weight excluding hydrogens is 329 g/mol. The summed E-state index contributed by atoms with van der Waals surface area (Å²) in [6, 6.07) is 15.0. The highest BCUT2D eigenvalue weighted by Gasteiger charge is 2.17. The summed E-state index contributed by atoms with van der Waals surface area (Å²) >= 11 is 0. The first-order valence-corrected chi connectivity index (χ1v) is 8.55. The third-order valence-electron chi connectivity index (χ3n) is 4.32. The van der Waals surface area contributed by atoms with Crippen LogP contribution in [0.15, 0.2) is 48.5 Å². The lowest BCUT2D eigenvalue weighted by molar-refractivity contribution is 0.425. The fourth-order valence-electron chi connectivity index (χ4n) is 2.98. The molecule has 2 aromatic carbocycles. The highest BCUT2D eigenvalue weighted by atomic mass is 19.1. The molecule has 26 heavy (non-hydrogen) atoms. The van der Waals surface area contributed by atoms with Gasteiger partial charge < -0.3 is 15.2 Å². The molecule has 2 N–H and O–H groups in total. The van der Waals surface area contributed by atoms with Gasteiger partial charge in [-0.25, -0.2) is 14.4 Å². The molecule has 132 valence electrons. The van der Waals surface area contributed by atoms with Crippen molar-refractivity contribution in [1.82, 2.24) is 19.9 Å². The molecule has 4 rings (SSSR count). The van der Waals surface area contributed by atoms with E-state index in [0.29, 0.717) is 22.7 Å². The van der Waals surface area contributed by atoms with Crippen LogP contribution in [0.2, 0.25) is 0 Å². The second kappa shape index (κ2) is 6.72. The Kier molecular flexibility index (Phi) is 4.26. The SMILES string of the molecule is CN(C)CCNc1nc(-c2[nH]c3ccccc3c2F)nc2ccccc12. The standard InChI is InChI=1S/C20H20FN5/c1-26(2)12-11-22-19-14-8-4-6-10-16(14)24-20(25-19)18-17(21)13-7-3-5-9-15(13)23-18/h3-10,23H,11-12H2,1-2H3,(H,22,24,25). The summed E-state index contributed by atoms with van der Waals surface area (Å²) in [5, 5.41) is 4.82. The van der Waals surface area contributed by atoms with Crippen molar-refractivity contribution in [2.24, 2.45) is 0 Å². The van der Waals surface area contributed by atoms with E-state index >= 15 is 0 Å². The number of rotatable bonds is 5. The maximum atomic E-state index is 14.9. The average Bonchev–Trinajstić information content (AvgIpc) is 2.98. The van der Waals surface area contributed by atoms with Crippen molar-refractivity contribution in [3.8, 4) is 11.5 Å². The number of hydrogen-bond acceptors (Lipinski definition) is 4. The summed E-state index contributed by atoms with van der Waals surface area (Å²) in [6.45, 7) is 1.61. The molecule has 0 saturated heterocycles. The van der Waals surface area contributed by atoms with E-state index in [0.717, 1.165) is 29.5 Å². The Morgan fingerprint density at radius 2 is 1.73 bits per heavy atom. The van der Waals surface area contributed by atoms with E-state index in [1.807, 2.05) is 56.6 Å². The van der Waals surface area contributed by atoms with Crippen molar-refractivity contribution in [3.05, 3.63) is 54.3 Å². The molecule has 0 fully saturated rings. The van der Waals surface area contributed by atoms with Crippen LogP contribution < -0.4 is 5.32 Å².